The average Bonchev–Trinajstić information content (AvgIpc) is 2.14. The number of rotatable bonds is 4. The van der Waals surface area contributed by atoms with Crippen LogP contribution >= 0.6 is 0 Å². The van der Waals surface area contributed by atoms with Gasteiger partial charge in [-0.1, -0.05) is 0 Å². The van der Waals surface area contributed by atoms with Crippen LogP contribution in [-0.4, -0.2) is 49.7 Å². The van der Waals surface area contributed by atoms with Gasteiger partial charge in [-0.3, -0.25) is 4.79 Å². The van der Waals surface area contributed by atoms with Crippen LogP contribution in [0.5, 0.6) is 0 Å². The largest absolute Gasteiger partial charge is 0.463 e. The van der Waals surface area contributed by atoms with Crippen molar-refractivity contribution in [3.05, 3.63) is 0 Å². The molecule has 0 radical (unpaired) electrons. The average molecular weight is 249 g/mol. The zero-order valence-electron chi connectivity index (χ0n) is 8.94. The van der Waals surface area contributed by atoms with Crippen molar-refractivity contribution in [3.63, 3.8) is 0 Å². The van der Waals surface area contributed by atoms with Gasteiger partial charge in [0.25, 0.3) is 0 Å². The number of ether oxygens (including phenoxy) is 1. The highest BCUT2D eigenvalue weighted by Crippen LogP contribution is 2.36. The van der Waals surface area contributed by atoms with E-state index in [1.54, 1.807) is 0 Å². The molecule has 0 N–H and O–H groups in total. The Morgan fingerprint density at radius 3 is 2.06 bits per heavy atom. The smallest absolute Gasteiger partial charge is 0.383 e. The maximum absolute atomic E-state index is 12.6. The third-order valence-electron chi connectivity index (χ3n) is 2.01. The molecule has 0 aliphatic rings. The van der Waals surface area contributed by atoms with Gasteiger partial charge in [0.1, 0.15) is 0 Å². The van der Waals surface area contributed by atoms with Gasteiger partial charge < -0.3 is 9.64 Å². The van der Waals surface area contributed by atoms with Crippen LogP contribution in [0.25, 0.3) is 0 Å². The Morgan fingerprint density at radius 2 is 1.75 bits per heavy atom. The molecule has 0 aliphatic heterocycles. The van der Waals surface area contributed by atoms with Gasteiger partial charge in [0, 0.05) is 14.2 Å². The lowest BCUT2D eigenvalue weighted by Gasteiger charge is -2.29. The first-order chi connectivity index (χ1) is 7.05. The minimum Gasteiger partial charge on any atom is -0.383 e. The Kier molecular flexibility index (Phi) is 4.66. The van der Waals surface area contributed by atoms with E-state index in [4.69, 9.17) is 0 Å². The van der Waals surface area contributed by atoms with Crippen LogP contribution in [0.2, 0.25) is 0 Å². The topological polar surface area (TPSA) is 29.5 Å². The summed E-state index contributed by atoms with van der Waals surface area (Å²) in [6, 6.07) is -0.870. The molecule has 0 spiro atoms. The van der Waals surface area contributed by atoms with E-state index >= 15 is 0 Å². The first-order valence-corrected chi connectivity index (χ1v) is 4.26. The second-order valence-corrected chi connectivity index (χ2v) is 3.29. The van der Waals surface area contributed by atoms with Crippen molar-refractivity contribution >= 4 is 5.91 Å². The summed E-state index contributed by atoms with van der Waals surface area (Å²) in [7, 11) is 2.11. The summed E-state index contributed by atoms with van der Waals surface area (Å²) >= 11 is 0. The summed E-state index contributed by atoms with van der Waals surface area (Å²) in [6.07, 6.45) is -5.88. The summed E-state index contributed by atoms with van der Waals surface area (Å²) in [5.41, 5.74) is 0. The fourth-order valence-corrected chi connectivity index (χ4v) is 0.896. The molecule has 8 heteroatoms. The second kappa shape index (κ2) is 4.94. The molecule has 0 bridgehead atoms. The number of hydrogen-bond donors (Lipinski definition) is 0. The summed E-state index contributed by atoms with van der Waals surface area (Å²) in [5.74, 6) is -7.66. The number of halogens is 5. The lowest BCUT2D eigenvalue weighted by Crippen LogP contribution is -2.53. The van der Waals surface area contributed by atoms with Gasteiger partial charge in [-0.2, -0.15) is 22.0 Å². The number of nitrogens with zero attached hydrogens (tertiary/aromatic N) is 1. The van der Waals surface area contributed by atoms with Gasteiger partial charge in [0.2, 0.25) is 0 Å². The van der Waals surface area contributed by atoms with Gasteiger partial charge in [0.15, 0.2) is 0 Å². The van der Waals surface area contributed by atoms with Crippen LogP contribution in [-0.2, 0) is 9.53 Å². The van der Waals surface area contributed by atoms with E-state index < -0.39 is 24.0 Å². The van der Waals surface area contributed by atoms with Crippen LogP contribution in [0, 0.1) is 0 Å². The Bertz CT molecular complexity index is 253. The van der Waals surface area contributed by atoms with Crippen molar-refractivity contribution in [1.29, 1.82) is 0 Å². The molecule has 0 fully saturated rings. The van der Waals surface area contributed by atoms with Crippen molar-refractivity contribution in [2.75, 3.05) is 20.8 Å². The Labute approximate surface area is 89.2 Å². The predicted molar refractivity (Wildman–Crippen MR) is 45.1 cm³/mol. The van der Waals surface area contributed by atoms with Crippen LogP contribution in [0.15, 0.2) is 0 Å². The molecule has 16 heavy (non-hydrogen) atoms. The lowest BCUT2D eigenvalue weighted by atomic mass is 10.2. The molecule has 0 aliphatic carbocycles. The van der Waals surface area contributed by atoms with Crippen LogP contribution < -0.4 is 0 Å². The first-order valence-electron chi connectivity index (χ1n) is 4.26. The third kappa shape index (κ3) is 3.03. The third-order valence-corrected chi connectivity index (χ3v) is 2.01. The van der Waals surface area contributed by atoms with E-state index in [9.17, 15) is 26.7 Å². The van der Waals surface area contributed by atoms with E-state index in [0.29, 0.717) is 4.90 Å². The van der Waals surface area contributed by atoms with Crippen LogP contribution in [0.3, 0.4) is 0 Å². The second-order valence-electron chi connectivity index (χ2n) is 3.29. The standard InChI is InChI=1S/C8H12F5NO2/c1-5(4-16-3)14(2)6(15)7(9,10)8(11,12)13/h5H,4H2,1-3H3. The summed E-state index contributed by atoms with van der Waals surface area (Å²) in [4.78, 5) is 11.2. The number of likely N-dealkylation sites (N-methyl/N-ethyl adjacent to an activating group) is 1. The maximum Gasteiger partial charge on any atom is 0.463 e. The van der Waals surface area contributed by atoms with Gasteiger partial charge in [-0.15, -0.1) is 0 Å². The molecule has 96 valence electrons. The molecule has 3 nitrogen and oxygen atoms in total. The van der Waals surface area contributed by atoms with Gasteiger partial charge >= 0.3 is 18.0 Å². The lowest BCUT2D eigenvalue weighted by molar-refractivity contribution is -0.274. The monoisotopic (exact) mass is 249 g/mol. The SMILES string of the molecule is COCC(C)N(C)C(=O)C(F)(F)C(F)(F)F. The fourth-order valence-electron chi connectivity index (χ4n) is 0.896. The molecule has 0 aromatic rings. The minimum absolute atomic E-state index is 0.129. The van der Waals surface area contributed by atoms with Crippen molar-refractivity contribution in [2.45, 2.75) is 25.1 Å². The highest BCUT2D eigenvalue weighted by Gasteiger charge is 2.64. The van der Waals surface area contributed by atoms with Gasteiger partial charge in [0.05, 0.1) is 12.6 Å². The Morgan fingerprint density at radius 1 is 1.31 bits per heavy atom. The molecule has 0 heterocycles. The summed E-state index contributed by atoms with van der Waals surface area (Å²) in [5, 5.41) is 0. The van der Waals surface area contributed by atoms with Crippen molar-refractivity contribution in [3.8, 4) is 0 Å². The van der Waals surface area contributed by atoms with E-state index in [-0.39, 0.29) is 6.61 Å². The van der Waals surface area contributed by atoms with E-state index in [0.717, 1.165) is 7.05 Å². The van der Waals surface area contributed by atoms with Crippen molar-refractivity contribution < 1.29 is 31.5 Å². The molecule has 1 atom stereocenters. The summed E-state index contributed by atoms with van der Waals surface area (Å²) < 4.78 is 65.4. The fraction of sp³-hybridized carbons (Fsp3) is 0.875. The number of carbonyl (C=O) groups is 1. The Hall–Kier alpha value is -0.920. The molecule has 0 aromatic heterocycles. The molecule has 0 rings (SSSR count). The van der Waals surface area contributed by atoms with E-state index in [1.165, 1.54) is 14.0 Å². The number of alkyl halides is 5. The molecule has 1 unspecified atom stereocenters. The number of methoxy groups -OCH3 is 1. The number of hydrogen-bond acceptors (Lipinski definition) is 2. The minimum atomic E-state index is -5.88. The quantitative estimate of drug-likeness (QED) is 0.709. The van der Waals surface area contributed by atoms with Crippen molar-refractivity contribution in [2.24, 2.45) is 0 Å². The molecule has 1 amide bonds. The summed E-state index contributed by atoms with van der Waals surface area (Å²) in [6.45, 7) is 1.17. The molecule has 0 saturated carbocycles. The zero-order chi connectivity index (χ0) is 13.1. The van der Waals surface area contributed by atoms with Gasteiger partial charge in [-0.05, 0) is 6.92 Å². The van der Waals surface area contributed by atoms with Crippen molar-refractivity contribution in [1.82, 2.24) is 4.90 Å². The number of carbonyl (C=O) groups excluding carboxylic acids is 1. The molecular weight excluding hydrogens is 237 g/mol. The first kappa shape index (κ1) is 15.1. The molecular formula is C8H12F5NO2. The highest BCUT2D eigenvalue weighted by atomic mass is 19.4. The highest BCUT2D eigenvalue weighted by molar-refractivity contribution is 5.84. The van der Waals surface area contributed by atoms with E-state index in [1.807, 2.05) is 0 Å². The zero-order valence-corrected chi connectivity index (χ0v) is 8.94. The normalized spacial score (nSPS) is 14.8. The molecule has 0 saturated heterocycles. The maximum atomic E-state index is 12.6. The number of amides is 1. The Balaban J connectivity index is 4.80. The van der Waals surface area contributed by atoms with Gasteiger partial charge in [-0.25, -0.2) is 0 Å². The van der Waals surface area contributed by atoms with Crippen LogP contribution in [0.1, 0.15) is 6.92 Å². The van der Waals surface area contributed by atoms with E-state index in [2.05, 4.69) is 4.74 Å². The predicted octanol–water partition coefficient (Wildman–Crippen LogP) is 1.68. The van der Waals surface area contributed by atoms with Crippen LogP contribution in [0.4, 0.5) is 22.0 Å². The molecule has 0 aromatic carbocycles.